The van der Waals surface area contributed by atoms with Gasteiger partial charge in [-0.3, -0.25) is 9.59 Å². The van der Waals surface area contributed by atoms with Crippen molar-refractivity contribution in [3.8, 4) is 0 Å². The van der Waals surface area contributed by atoms with Gasteiger partial charge in [-0.2, -0.15) is 0 Å². The molecule has 1 aliphatic rings. The number of carbonyl (C=O) groups excluding carboxylic acids is 2. The number of Topliss-reactive ketones (excluding diaryl/α,β-unsaturated/α-hetero) is 1. The summed E-state index contributed by atoms with van der Waals surface area (Å²) in [4.78, 5) is 29.6. The predicted molar refractivity (Wildman–Crippen MR) is 109 cm³/mol. The molecule has 0 bridgehead atoms. The number of hydrogen-bond acceptors (Lipinski definition) is 3. The first-order valence-electron chi connectivity index (χ1n) is 9.68. The lowest BCUT2D eigenvalue weighted by atomic mass is 9.90. The summed E-state index contributed by atoms with van der Waals surface area (Å²) in [5.74, 6) is 0.259. The molecular formula is C23H28N2O2. The number of nitrogens with zero attached hydrogens (tertiary/aromatic N) is 2. The topological polar surface area (TPSA) is 40.6 Å². The Kier molecular flexibility index (Phi) is 6.28. The number of benzene rings is 2. The Morgan fingerprint density at radius 1 is 1.04 bits per heavy atom. The van der Waals surface area contributed by atoms with E-state index in [4.69, 9.17) is 0 Å². The number of carbonyl (C=O) groups is 2. The maximum absolute atomic E-state index is 13.1. The van der Waals surface area contributed by atoms with E-state index in [1.807, 2.05) is 66.4 Å². The average Bonchev–Trinajstić information content (AvgIpc) is 2.72. The maximum Gasteiger partial charge on any atom is 0.255 e. The quantitative estimate of drug-likeness (QED) is 0.783. The van der Waals surface area contributed by atoms with Gasteiger partial charge in [-0.05, 0) is 37.0 Å². The molecule has 1 atom stereocenters. The smallest absolute Gasteiger partial charge is 0.255 e. The molecule has 1 aliphatic heterocycles. The van der Waals surface area contributed by atoms with Gasteiger partial charge in [-0.1, -0.05) is 42.5 Å². The molecule has 0 N–H and O–H groups in total. The van der Waals surface area contributed by atoms with E-state index in [1.165, 1.54) is 5.56 Å². The minimum absolute atomic E-state index is 0.0276. The Labute approximate surface area is 161 Å². The lowest BCUT2D eigenvalue weighted by molar-refractivity contribution is -0.124. The van der Waals surface area contributed by atoms with E-state index in [1.54, 1.807) is 0 Å². The summed E-state index contributed by atoms with van der Waals surface area (Å²) in [6.45, 7) is 1.26. The van der Waals surface area contributed by atoms with Gasteiger partial charge in [-0.25, -0.2) is 0 Å². The number of anilines is 1. The van der Waals surface area contributed by atoms with E-state index in [9.17, 15) is 9.59 Å². The van der Waals surface area contributed by atoms with Crippen LogP contribution in [0.15, 0.2) is 54.6 Å². The molecule has 0 aromatic heterocycles. The van der Waals surface area contributed by atoms with Gasteiger partial charge in [0.15, 0.2) is 0 Å². The van der Waals surface area contributed by atoms with Crippen LogP contribution in [-0.2, 0) is 11.2 Å². The first-order valence-corrected chi connectivity index (χ1v) is 9.68. The minimum atomic E-state index is -0.0436. The van der Waals surface area contributed by atoms with Gasteiger partial charge in [0.1, 0.15) is 5.78 Å². The fourth-order valence-electron chi connectivity index (χ4n) is 3.76. The molecule has 1 amide bonds. The molecule has 0 spiro atoms. The third-order valence-electron chi connectivity index (χ3n) is 5.28. The molecule has 1 fully saturated rings. The molecule has 1 heterocycles. The zero-order valence-corrected chi connectivity index (χ0v) is 16.2. The highest BCUT2D eigenvalue weighted by Crippen LogP contribution is 2.25. The molecule has 1 saturated heterocycles. The van der Waals surface area contributed by atoms with Crippen molar-refractivity contribution in [1.29, 1.82) is 0 Å². The number of aryl methyl sites for hydroxylation is 1. The van der Waals surface area contributed by atoms with E-state index in [0.717, 1.165) is 31.5 Å². The molecule has 27 heavy (non-hydrogen) atoms. The summed E-state index contributed by atoms with van der Waals surface area (Å²) in [6.07, 6.45) is 3.09. The molecule has 2 aromatic carbocycles. The predicted octanol–water partition coefficient (Wildman–Crippen LogP) is 3.81. The molecule has 142 valence electrons. The summed E-state index contributed by atoms with van der Waals surface area (Å²) < 4.78 is 0. The van der Waals surface area contributed by atoms with E-state index in [2.05, 4.69) is 12.1 Å². The van der Waals surface area contributed by atoms with E-state index < -0.39 is 0 Å². The van der Waals surface area contributed by atoms with Crippen LogP contribution in [0.4, 0.5) is 5.69 Å². The SMILES string of the molecule is CN(C)c1ccccc1C(=O)N1CCC[C@@H](C(=O)CCc2ccccc2)C1. The van der Waals surface area contributed by atoms with Gasteiger partial charge in [0.05, 0.1) is 5.56 Å². The van der Waals surface area contributed by atoms with Crippen molar-refractivity contribution >= 4 is 17.4 Å². The number of hydrogen-bond donors (Lipinski definition) is 0. The van der Waals surface area contributed by atoms with Crippen LogP contribution in [0.1, 0.15) is 35.2 Å². The Hall–Kier alpha value is -2.62. The highest BCUT2D eigenvalue weighted by Gasteiger charge is 2.29. The molecule has 0 unspecified atom stereocenters. The number of rotatable bonds is 6. The molecule has 4 heteroatoms. The number of piperidine rings is 1. The van der Waals surface area contributed by atoms with Crippen LogP contribution < -0.4 is 4.90 Å². The van der Waals surface area contributed by atoms with Crippen LogP contribution >= 0.6 is 0 Å². The van der Waals surface area contributed by atoms with Gasteiger partial charge in [0.25, 0.3) is 5.91 Å². The van der Waals surface area contributed by atoms with Crippen LogP contribution in [0, 0.1) is 5.92 Å². The summed E-state index contributed by atoms with van der Waals surface area (Å²) in [5.41, 5.74) is 2.81. The molecular weight excluding hydrogens is 336 g/mol. The van der Waals surface area contributed by atoms with Crippen LogP contribution in [0.5, 0.6) is 0 Å². The van der Waals surface area contributed by atoms with Gasteiger partial charge in [0, 0.05) is 45.2 Å². The minimum Gasteiger partial charge on any atom is -0.377 e. The summed E-state index contributed by atoms with van der Waals surface area (Å²) in [7, 11) is 3.89. The highest BCUT2D eigenvalue weighted by molar-refractivity contribution is 6.00. The Bertz CT molecular complexity index is 786. The second-order valence-electron chi connectivity index (χ2n) is 7.45. The van der Waals surface area contributed by atoms with Gasteiger partial charge in [0.2, 0.25) is 0 Å². The first kappa shape index (κ1) is 19.2. The van der Waals surface area contributed by atoms with Crippen molar-refractivity contribution < 1.29 is 9.59 Å². The third-order valence-corrected chi connectivity index (χ3v) is 5.28. The monoisotopic (exact) mass is 364 g/mol. The van der Waals surface area contributed by atoms with E-state index in [0.29, 0.717) is 18.5 Å². The number of likely N-dealkylation sites (tertiary alicyclic amines) is 1. The summed E-state index contributed by atoms with van der Waals surface area (Å²) in [5, 5.41) is 0. The van der Waals surface area contributed by atoms with Crippen LogP contribution in [0.3, 0.4) is 0 Å². The maximum atomic E-state index is 13.1. The van der Waals surface area contributed by atoms with Crippen molar-refractivity contribution in [1.82, 2.24) is 4.90 Å². The summed E-state index contributed by atoms with van der Waals surface area (Å²) in [6, 6.07) is 17.8. The normalized spacial score (nSPS) is 16.8. The molecule has 0 aliphatic carbocycles. The largest absolute Gasteiger partial charge is 0.377 e. The summed E-state index contributed by atoms with van der Waals surface area (Å²) >= 11 is 0. The highest BCUT2D eigenvalue weighted by atomic mass is 16.2. The van der Waals surface area contributed by atoms with E-state index in [-0.39, 0.29) is 17.6 Å². The second-order valence-corrected chi connectivity index (χ2v) is 7.45. The van der Waals surface area contributed by atoms with Crippen molar-refractivity contribution in [2.24, 2.45) is 5.92 Å². The molecule has 4 nitrogen and oxygen atoms in total. The van der Waals surface area contributed by atoms with Crippen molar-refractivity contribution in [3.05, 3.63) is 65.7 Å². The second kappa shape index (κ2) is 8.85. The van der Waals surface area contributed by atoms with Crippen LogP contribution in [0.25, 0.3) is 0 Å². The zero-order chi connectivity index (χ0) is 19.2. The number of para-hydroxylation sites is 1. The van der Waals surface area contributed by atoms with Crippen molar-refractivity contribution in [2.75, 3.05) is 32.1 Å². The molecule has 2 aromatic rings. The van der Waals surface area contributed by atoms with Gasteiger partial charge < -0.3 is 9.80 Å². The van der Waals surface area contributed by atoms with Gasteiger partial charge in [-0.15, -0.1) is 0 Å². The lowest BCUT2D eigenvalue weighted by Gasteiger charge is -2.33. The molecule has 0 saturated carbocycles. The number of ketones is 1. The Morgan fingerprint density at radius 2 is 1.74 bits per heavy atom. The average molecular weight is 364 g/mol. The Balaban J connectivity index is 1.63. The van der Waals surface area contributed by atoms with Crippen molar-refractivity contribution in [3.63, 3.8) is 0 Å². The van der Waals surface area contributed by atoms with Crippen LogP contribution in [-0.4, -0.2) is 43.8 Å². The fourth-order valence-corrected chi connectivity index (χ4v) is 3.76. The van der Waals surface area contributed by atoms with E-state index >= 15 is 0 Å². The molecule has 0 radical (unpaired) electrons. The van der Waals surface area contributed by atoms with Gasteiger partial charge >= 0.3 is 0 Å². The van der Waals surface area contributed by atoms with Crippen LogP contribution in [0.2, 0.25) is 0 Å². The molecule has 3 rings (SSSR count). The zero-order valence-electron chi connectivity index (χ0n) is 16.2. The van der Waals surface area contributed by atoms with Crippen molar-refractivity contribution in [2.45, 2.75) is 25.7 Å². The number of amides is 1. The lowest BCUT2D eigenvalue weighted by Crippen LogP contribution is -2.42. The Morgan fingerprint density at radius 3 is 2.48 bits per heavy atom. The standard InChI is InChI=1S/C23H28N2O2/c1-24(2)21-13-7-6-12-20(21)23(27)25-16-8-11-19(17-25)22(26)15-14-18-9-4-3-5-10-18/h3-7,9-10,12-13,19H,8,11,14-17H2,1-2H3/t19-/m1/s1. The third kappa shape index (κ3) is 4.76. The fraction of sp³-hybridized carbons (Fsp3) is 0.391. The first-order chi connectivity index (χ1) is 13.1.